The van der Waals surface area contributed by atoms with Crippen LogP contribution in [0.25, 0.3) is 0 Å². The third-order valence-electron chi connectivity index (χ3n) is 2.83. The van der Waals surface area contributed by atoms with Gasteiger partial charge in [-0.05, 0) is 31.5 Å². The minimum absolute atomic E-state index is 0.0196. The predicted molar refractivity (Wildman–Crippen MR) is 70.9 cm³/mol. The number of sulfone groups is 1. The third kappa shape index (κ3) is 3.32. The molecule has 0 N–H and O–H groups in total. The van der Waals surface area contributed by atoms with Gasteiger partial charge >= 0.3 is 0 Å². The fraction of sp³-hybridized carbons (Fsp3) is 0.462. The largest absolute Gasteiger partial charge is 0.342 e. The Kier molecular flexibility index (Phi) is 4.51. The van der Waals surface area contributed by atoms with Crippen molar-refractivity contribution >= 4 is 15.7 Å². The first-order chi connectivity index (χ1) is 8.25. The summed E-state index contributed by atoms with van der Waals surface area (Å²) in [6.07, 6.45) is 0. The lowest BCUT2D eigenvalue weighted by Crippen LogP contribution is -2.23. The highest BCUT2D eigenvalue weighted by Crippen LogP contribution is 2.17. The van der Waals surface area contributed by atoms with Crippen LogP contribution in [-0.4, -0.2) is 31.5 Å². The molecular weight excluding hydrogens is 250 g/mol. The van der Waals surface area contributed by atoms with E-state index in [0.717, 1.165) is 5.56 Å². The van der Waals surface area contributed by atoms with Crippen LogP contribution in [0.2, 0.25) is 0 Å². The highest BCUT2D eigenvalue weighted by molar-refractivity contribution is 7.92. The van der Waals surface area contributed by atoms with Gasteiger partial charge in [0, 0.05) is 20.5 Å². The Morgan fingerprint density at radius 2 is 1.72 bits per heavy atom. The van der Waals surface area contributed by atoms with Gasteiger partial charge in [-0.2, -0.15) is 0 Å². The molecule has 1 aromatic rings. The molecule has 0 radical (unpaired) electrons. The van der Waals surface area contributed by atoms with Crippen LogP contribution in [0.4, 0.5) is 0 Å². The highest BCUT2D eigenvalue weighted by Gasteiger charge is 2.18. The van der Waals surface area contributed by atoms with Gasteiger partial charge in [-0.15, -0.1) is 0 Å². The van der Waals surface area contributed by atoms with E-state index in [1.165, 1.54) is 6.92 Å². The molecule has 0 fully saturated rings. The fourth-order valence-electron chi connectivity index (χ4n) is 1.44. The van der Waals surface area contributed by atoms with E-state index in [9.17, 15) is 13.2 Å². The minimum Gasteiger partial charge on any atom is -0.342 e. The molecule has 0 atom stereocenters. The zero-order valence-corrected chi connectivity index (χ0v) is 12.0. The molecule has 5 heteroatoms. The molecule has 1 aromatic carbocycles. The fourth-order valence-corrected chi connectivity index (χ4v) is 2.50. The molecular formula is C13H19NO3S. The van der Waals surface area contributed by atoms with Crippen LogP contribution < -0.4 is 0 Å². The molecule has 4 nitrogen and oxygen atoms in total. The molecule has 0 aromatic heterocycles. The maximum absolute atomic E-state index is 11.9. The van der Waals surface area contributed by atoms with E-state index in [1.54, 1.807) is 50.1 Å². The molecule has 0 spiro atoms. The first-order valence-electron chi connectivity index (χ1n) is 5.79. The van der Waals surface area contributed by atoms with Gasteiger partial charge in [0.1, 0.15) is 0 Å². The van der Waals surface area contributed by atoms with Crippen LogP contribution in [0.3, 0.4) is 0 Å². The standard InChI is InChI=1S/C13H19NO3S/c1-10(2)18(16,17)13-7-5-12(6-8-13)9-14(4)11(3)15/h5-8,10H,9H2,1-4H3. The smallest absolute Gasteiger partial charge is 0.219 e. The number of carbonyl (C=O) groups is 1. The van der Waals surface area contributed by atoms with E-state index in [2.05, 4.69) is 0 Å². The molecule has 0 aliphatic carbocycles. The first kappa shape index (κ1) is 14.7. The number of amides is 1. The van der Waals surface area contributed by atoms with Crippen molar-refractivity contribution in [1.82, 2.24) is 4.90 Å². The zero-order valence-electron chi connectivity index (χ0n) is 11.2. The molecule has 1 amide bonds. The molecule has 18 heavy (non-hydrogen) atoms. The van der Waals surface area contributed by atoms with Crippen LogP contribution >= 0.6 is 0 Å². The van der Waals surface area contributed by atoms with Gasteiger partial charge < -0.3 is 4.90 Å². The van der Waals surface area contributed by atoms with E-state index in [-0.39, 0.29) is 5.91 Å². The number of rotatable bonds is 4. The summed E-state index contributed by atoms with van der Waals surface area (Å²) in [4.78, 5) is 13.0. The molecule has 0 aliphatic heterocycles. The second-order valence-electron chi connectivity index (χ2n) is 4.61. The van der Waals surface area contributed by atoms with Crippen molar-refractivity contribution in [2.75, 3.05) is 7.05 Å². The van der Waals surface area contributed by atoms with Crippen molar-refractivity contribution in [3.8, 4) is 0 Å². The van der Waals surface area contributed by atoms with Gasteiger partial charge in [0.2, 0.25) is 5.91 Å². The van der Waals surface area contributed by atoms with E-state index >= 15 is 0 Å². The van der Waals surface area contributed by atoms with Crippen molar-refractivity contribution in [3.63, 3.8) is 0 Å². The van der Waals surface area contributed by atoms with Gasteiger partial charge in [0.15, 0.2) is 9.84 Å². The summed E-state index contributed by atoms with van der Waals surface area (Å²) in [6, 6.07) is 6.68. The summed E-state index contributed by atoms with van der Waals surface area (Å²) in [7, 11) is -1.51. The molecule has 0 aliphatic rings. The Morgan fingerprint density at radius 3 is 2.11 bits per heavy atom. The van der Waals surface area contributed by atoms with Crippen molar-refractivity contribution in [3.05, 3.63) is 29.8 Å². The number of benzene rings is 1. The molecule has 0 bridgehead atoms. The van der Waals surface area contributed by atoms with Gasteiger partial charge in [-0.3, -0.25) is 4.79 Å². The molecule has 0 unspecified atom stereocenters. The second-order valence-corrected chi connectivity index (χ2v) is 7.12. The number of nitrogens with zero attached hydrogens (tertiary/aromatic N) is 1. The number of hydrogen-bond acceptors (Lipinski definition) is 3. The topological polar surface area (TPSA) is 54.5 Å². The lowest BCUT2D eigenvalue weighted by Gasteiger charge is -2.15. The Labute approximate surface area is 109 Å². The normalized spacial score (nSPS) is 11.6. The first-order valence-corrected chi connectivity index (χ1v) is 7.34. The van der Waals surface area contributed by atoms with Gasteiger partial charge in [0.25, 0.3) is 0 Å². The van der Waals surface area contributed by atoms with Crippen LogP contribution in [-0.2, 0) is 21.2 Å². The average molecular weight is 269 g/mol. The van der Waals surface area contributed by atoms with Gasteiger partial charge in [-0.1, -0.05) is 12.1 Å². The SMILES string of the molecule is CC(=O)N(C)Cc1ccc(S(=O)(=O)C(C)C)cc1. The Hall–Kier alpha value is -1.36. The van der Waals surface area contributed by atoms with Crippen LogP contribution in [0, 0.1) is 0 Å². The van der Waals surface area contributed by atoms with Crippen molar-refractivity contribution in [2.24, 2.45) is 0 Å². The molecule has 100 valence electrons. The van der Waals surface area contributed by atoms with Gasteiger partial charge in [-0.25, -0.2) is 8.42 Å². The summed E-state index contributed by atoms with van der Waals surface area (Å²) in [5, 5.41) is -0.428. The number of carbonyl (C=O) groups excluding carboxylic acids is 1. The Bertz CT molecular complexity index is 518. The van der Waals surface area contributed by atoms with E-state index in [0.29, 0.717) is 11.4 Å². The number of hydrogen-bond donors (Lipinski definition) is 0. The highest BCUT2D eigenvalue weighted by atomic mass is 32.2. The molecule has 0 saturated heterocycles. The van der Waals surface area contributed by atoms with Crippen LogP contribution in [0.1, 0.15) is 26.3 Å². The quantitative estimate of drug-likeness (QED) is 0.838. The Morgan fingerprint density at radius 1 is 1.22 bits per heavy atom. The summed E-state index contributed by atoms with van der Waals surface area (Å²) < 4.78 is 23.8. The molecule has 0 saturated carbocycles. The van der Waals surface area contributed by atoms with Crippen molar-refractivity contribution in [2.45, 2.75) is 37.5 Å². The molecule has 1 rings (SSSR count). The lowest BCUT2D eigenvalue weighted by atomic mass is 10.2. The minimum atomic E-state index is -3.22. The summed E-state index contributed by atoms with van der Waals surface area (Å²) in [6.45, 7) is 5.30. The maximum Gasteiger partial charge on any atom is 0.219 e. The third-order valence-corrected chi connectivity index (χ3v) is 5.00. The lowest BCUT2D eigenvalue weighted by molar-refractivity contribution is -0.128. The molecule has 0 heterocycles. The van der Waals surface area contributed by atoms with Crippen LogP contribution in [0.15, 0.2) is 29.2 Å². The van der Waals surface area contributed by atoms with Gasteiger partial charge in [0.05, 0.1) is 10.1 Å². The summed E-state index contributed by atoms with van der Waals surface area (Å²) >= 11 is 0. The average Bonchev–Trinajstić information content (AvgIpc) is 2.29. The monoisotopic (exact) mass is 269 g/mol. The van der Waals surface area contributed by atoms with E-state index < -0.39 is 15.1 Å². The summed E-state index contributed by atoms with van der Waals surface area (Å²) in [5.74, 6) is -0.0196. The van der Waals surface area contributed by atoms with Crippen molar-refractivity contribution in [1.29, 1.82) is 0 Å². The van der Waals surface area contributed by atoms with E-state index in [4.69, 9.17) is 0 Å². The van der Waals surface area contributed by atoms with Crippen molar-refractivity contribution < 1.29 is 13.2 Å². The zero-order chi connectivity index (χ0) is 13.9. The van der Waals surface area contributed by atoms with Crippen LogP contribution in [0.5, 0.6) is 0 Å². The van der Waals surface area contributed by atoms with E-state index in [1.807, 2.05) is 0 Å². The maximum atomic E-state index is 11.9. The Balaban J connectivity index is 2.91. The summed E-state index contributed by atoms with van der Waals surface area (Å²) in [5.41, 5.74) is 0.912. The predicted octanol–water partition coefficient (Wildman–Crippen LogP) is 1.85. The second kappa shape index (κ2) is 5.52.